The van der Waals surface area contributed by atoms with E-state index in [-0.39, 0.29) is 17.7 Å². The Morgan fingerprint density at radius 2 is 1.31 bits per heavy atom. The van der Waals surface area contributed by atoms with E-state index in [1.807, 2.05) is 22.7 Å². The van der Waals surface area contributed by atoms with Crippen LogP contribution in [0.15, 0.2) is 91.0 Å². The van der Waals surface area contributed by atoms with Crippen LogP contribution in [-0.4, -0.2) is 11.3 Å². The molecule has 0 unspecified atom stereocenters. The van der Waals surface area contributed by atoms with Gasteiger partial charge in [0, 0.05) is 42.3 Å². The first kappa shape index (κ1) is 28.5. The minimum Gasteiger partial charge on any atom is -0.367 e. The molecule has 5 aromatic carbocycles. The summed E-state index contributed by atoms with van der Waals surface area (Å²) in [4.78, 5) is 4.06. The number of para-hydroxylation sites is 1. The standard InChI is InChI=1S/C44H37BN2S2/c1-24-20-30-26-14-11-15-29-37-27-12-7-9-16-35(27)48-41(37)47(40(26)29)45-38(30)34(21-24)46(42-39(45)28-13-8-10-17-36(28)49-42)33-23-32-31(22-25(33)2)43(3,4)18-19-44(32,5)6/h7-17,20-23H,18-19H2,1-6H3. The van der Waals surface area contributed by atoms with E-state index in [1.54, 1.807) is 0 Å². The van der Waals surface area contributed by atoms with Crippen LogP contribution in [0.2, 0.25) is 0 Å². The van der Waals surface area contributed by atoms with Gasteiger partial charge in [0.25, 0.3) is 0 Å². The van der Waals surface area contributed by atoms with Crippen molar-refractivity contribution in [2.45, 2.75) is 65.2 Å². The van der Waals surface area contributed by atoms with Crippen LogP contribution in [0.25, 0.3) is 52.4 Å². The molecule has 3 aliphatic rings. The summed E-state index contributed by atoms with van der Waals surface area (Å²) < 4.78 is 5.46. The molecule has 49 heavy (non-hydrogen) atoms. The summed E-state index contributed by atoms with van der Waals surface area (Å²) in [5, 5.41) is 6.89. The summed E-state index contributed by atoms with van der Waals surface area (Å²) in [6, 6.07) is 35.2. The van der Waals surface area contributed by atoms with Crippen LogP contribution < -0.4 is 15.8 Å². The predicted octanol–water partition coefficient (Wildman–Crippen LogP) is 11.6. The number of aryl methyl sites for hydroxylation is 2. The predicted molar refractivity (Wildman–Crippen MR) is 216 cm³/mol. The molecule has 0 bridgehead atoms. The topological polar surface area (TPSA) is 8.17 Å². The highest BCUT2D eigenvalue weighted by Crippen LogP contribution is 2.53. The molecule has 5 heterocycles. The molecule has 0 atom stereocenters. The molecule has 5 heteroatoms. The fourth-order valence-corrected chi connectivity index (χ4v) is 12.2. The largest absolute Gasteiger partial charge is 0.367 e. The van der Waals surface area contributed by atoms with Crippen LogP contribution in [0.1, 0.15) is 62.8 Å². The van der Waals surface area contributed by atoms with E-state index >= 15 is 0 Å². The number of anilines is 3. The molecule has 0 fully saturated rings. The Hall–Kier alpha value is -4.32. The van der Waals surface area contributed by atoms with Crippen molar-refractivity contribution >= 4 is 98.1 Å². The zero-order chi connectivity index (χ0) is 33.1. The summed E-state index contributed by atoms with van der Waals surface area (Å²) in [6.07, 6.45) is 2.43. The van der Waals surface area contributed by atoms with E-state index in [2.05, 4.69) is 142 Å². The van der Waals surface area contributed by atoms with Gasteiger partial charge >= 0.3 is 6.85 Å². The summed E-state index contributed by atoms with van der Waals surface area (Å²) >= 11 is 3.92. The highest BCUT2D eigenvalue weighted by molar-refractivity contribution is 7.27. The van der Waals surface area contributed by atoms with Crippen LogP contribution in [0.3, 0.4) is 0 Å². The van der Waals surface area contributed by atoms with Gasteiger partial charge in [-0.2, -0.15) is 0 Å². The molecule has 0 amide bonds. The second-order valence-corrected chi connectivity index (χ2v) is 18.2. The second kappa shape index (κ2) is 9.27. The van der Waals surface area contributed by atoms with E-state index in [1.165, 1.54) is 115 Å². The quantitative estimate of drug-likeness (QED) is 0.158. The van der Waals surface area contributed by atoms with Gasteiger partial charge in [-0.05, 0) is 106 Å². The first-order valence-corrected chi connectivity index (χ1v) is 19.3. The van der Waals surface area contributed by atoms with Gasteiger partial charge in [0.15, 0.2) is 0 Å². The zero-order valence-corrected chi connectivity index (χ0v) is 30.5. The summed E-state index contributed by atoms with van der Waals surface area (Å²) in [7, 11) is 0. The Bertz CT molecular complexity index is 2770. The molecule has 2 aliphatic heterocycles. The van der Waals surface area contributed by atoms with E-state index in [0.717, 1.165) is 0 Å². The van der Waals surface area contributed by atoms with E-state index in [4.69, 9.17) is 0 Å². The molecule has 8 aromatic rings. The molecule has 238 valence electrons. The lowest BCUT2D eigenvalue weighted by Gasteiger charge is -2.44. The van der Waals surface area contributed by atoms with Crippen LogP contribution in [0.4, 0.5) is 16.4 Å². The van der Waals surface area contributed by atoms with Crippen LogP contribution in [0, 0.1) is 13.8 Å². The fourth-order valence-electron chi connectivity index (χ4n) is 9.69. The summed E-state index contributed by atoms with van der Waals surface area (Å²) in [5.74, 6) is 0. The maximum absolute atomic E-state index is 2.74. The maximum atomic E-state index is 2.74. The molecule has 0 N–H and O–H groups in total. The van der Waals surface area contributed by atoms with Gasteiger partial charge in [0.05, 0.1) is 15.5 Å². The van der Waals surface area contributed by atoms with Crippen molar-refractivity contribution in [2.24, 2.45) is 0 Å². The van der Waals surface area contributed by atoms with Crippen LogP contribution in [0.5, 0.6) is 0 Å². The highest BCUT2D eigenvalue weighted by Gasteiger charge is 2.46. The van der Waals surface area contributed by atoms with Gasteiger partial charge in [-0.15, -0.1) is 22.7 Å². The van der Waals surface area contributed by atoms with Crippen molar-refractivity contribution in [2.75, 3.05) is 4.90 Å². The number of hydrogen-bond acceptors (Lipinski definition) is 3. The lowest BCUT2D eigenvalue weighted by molar-refractivity contribution is 0.332. The number of hydrogen-bond donors (Lipinski definition) is 0. The fraction of sp³-hybridized carbons (Fsp3) is 0.227. The third kappa shape index (κ3) is 3.53. The number of thiophene rings is 2. The number of aromatic nitrogens is 1. The van der Waals surface area contributed by atoms with Crippen LogP contribution in [-0.2, 0) is 10.8 Å². The Morgan fingerprint density at radius 3 is 2.08 bits per heavy atom. The third-order valence-corrected chi connectivity index (χ3v) is 14.6. The number of nitrogens with zero attached hydrogens (tertiary/aromatic N) is 2. The molecule has 11 rings (SSSR count). The molecular weight excluding hydrogens is 631 g/mol. The average molecular weight is 669 g/mol. The SMILES string of the molecule is Cc1cc2c3c(c1)N(c1cc4c(cc1C)C(C)(C)CCC4(C)C)c1sc4ccccc4c1B3n1c3sc4ccccc4c3c3cccc-2c31. The van der Waals surface area contributed by atoms with Gasteiger partial charge in [-0.25, -0.2) is 0 Å². The van der Waals surface area contributed by atoms with E-state index in [0.29, 0.717) is 0 Å². The molecule has 1 aliphatic carbocycles. The van der Waals surface area contributed by atoms with Crippen molar-refractivity contribution in [1.82, 2.24) is 4.48 Å². The van der Waals surface area contributed by atoms with Crippen molar-refractivity contribution in [1.29, 1.82) is 0 Å². The lowest BCUT2D eigenvalue weighted by atomic mass is 9.45. The monoisotopic (exact) mass is 668 g/mol. The number of rotatable bonds is 1. The second-order valence-electron chi connectivity index (χ2n) is 16.1. The smallest absolute Gasteiger partial charge is 0.335 e. The lowest BCUT2D eigenvalue weighted by Crippen LogP contribution is -2.56. The normalized spacial score (nSPS) is 16.9. The minimum absolute atomic E-state index is 0.0873. The van der Waals surface area contributed by atoms with Crippen molar-refractivity contribution < 1.29 is 0 Å². The molecular formula is C44H37BN2S2. The summed E-state index contributed by atoms with van der Waals surface area (Å²) in [5.41, 5.74) is 15.7. The van der Waals surface area contributed by atoms with Crippen molar-refractivity contribution in [3.63, 3.8) is 0 Å². The molecule has 3 aromatic heterocycles. The number of fused-ring (bicyclic) bond motifs is 12. The first-order chi connectivity index (χ1) is 23.6. The van der Waals surface area contributed by atoms with Gasteiger partial charge in [0.2, 0.25) is 0 Å². The average Bonchev–Trinajstić information content (AvgIpc) is 3.75. The Kier molecular flexibility index (Phi) is 5.39. The highest BCUT2D eigenvalue weighted by atomic mass is 32.1. The number of benzene rings is 5. The molecule has 0 saturated heterocycles. The van der Waals surface area contributed by atoms with E-state index in [9.17, 15) is 0 Å². The zero-order valence-electron chi connectivity index (χ0n) is 28.9. The van der Waals surface area contributed by atoms with Crippen molar-refractivity contribution in [3.8, 4) is 11.1 Å². The van der Waals surface area contributed by atoms with Gasteiger partial charge in [0.1, 0.15) is 0 Å². The van der Waals surface area contributed by atoms with Gasteiger partial charge in [-0.3, -0.25) is 0 Å². The van der Waals surface area contributed by atoms with Gasteiger partial charge in [-0.1, -0.05) is 94.4 Å². The Balaban J connectivity index is 1.30. The van der Waals surface area contributed by atoms with E-state index < -0.39 is 0 Å². The Labute approximate surface area is 295 Å². The minimum atomic E-state index is 0.0873. The maximum Gasteiger partial charge on any atom is 0.335 e. The summed E-state index contributed by atoms with van der Waals surface area (Å²) in [6.45, 7) is 14.5. The third-order valence-electron chi connectivity index (χ3n) is 12.2. The molecule has 0 spiro atoms. The van der Waals surface area contributed by atoms with Gasteiger partial charge < -0.3 is 9.38 Å². The van der Waals surface area contributed by atoms with Crippen molar-refractivity contribution in [3.05, 3.63) is 113 Å². The Morgan fingerprint density at radius 1 is 0.633 bits per heavy atom. The molecule has 0 saturated carbocycles. The first-order valence-electron chi connectivity index (χ1n) is 17.7. The molecule has 0 radical (unpaired) electrons. The molecule has 2 nitrogen and oxygen atoms in total. The van der Waals surface area contributed by atoms with Crippen LogP contribution >= 0.6 is 22.7 Å².